The molecule has 0 saturated carbocycles. The van der Waals surface area contributed by atoms with E-state index in [0.29, 0.717) is 0 Å². The number of oxazole rings is 1. The molecule has 0 amide bonds. The molecule has 0 aliphatic carbocycles. The van der Waals surface area contributed by atoms with E-state index in [1.54, 1.807) is 83.2 Å². The van der Waals surface area contributed by atoms with Crippen molar-refractivity contribution in [2.45, 2.75) is 0 Å². The van der Waals surface area contributed by atoms with Crippen molar-refractivity contribution in [2.75, 3.05) is 0 Å². The highest BCUT2D eigenvalue weighted by molar-refractivity contribution is 7.07. The number of aromatic amines is 2. The maximum absolute atomic E-state index is 4.47. The number of H-pyrrole nitrogens is 2. The number of benzene rings is 5. The van der Waals surface area contributed by atoms with Crippen molar-refractivity contribution < 1.29 is 8.83 Å². The summed E-state index contributed by atoms with van der Waals surface area (Å²) in [5.41, 5.74) is 11.8. The number of imidazole rings is 1. The first-order chi connectivity index (χ1) is 42.3. The van der Waals surface area contributed by atoms with E-state index in [9.17, 15) is 0 Å². The number of thiazole rings is 1. The zero-order valence-corrected chi connectivity index (χ0v) is 47.4. The fraction of sp³-hybridized carbons (Fsp3) is 0. The number of fused-ring (bicyclic) bond motifs is 5. The van der Waals surface area contributed by atoms with Crippen LogP contribution in [-0.2, 0) is 0 Å². The van der Waals surface area contributed by atoms with Gasteiger partial charge in [-0.2, -0.15) is 9.47 Å². The Bertz CT molecular complexity index is 3020. The molecule has 0 radical (unpaired) electrons. The van der Waals surface area contributed by atoms with Crippen LogP contribution in [0.5, 0.6) is 0 Å². The van der Waals surface area contributed by atoms with Crippen LogP contribution in [-0.4, -0.2) is 99.8 Å². The fourth-order valence-electron chi connectivity index (χ4n) is 6.03. The lowest BCUT2D eigenvalue weighted by molar-refractivity contribution is 0.553. The monoisotopic (exact) mass is 1180 g/mol. The highest BCUT2D eigenvalue weighted by atomic mass is 32.1. The summed E-state index contributed by atoms with van der Waals surface area (Å²) in [6.07, 6.45) is 32.4. The molecule has 0 atom stereocenters. The summed E-state index contributed by atoms with van der Waals surface area (Å²) in [4.78, 5) is 49.5. The van der Waals surface area contributed by atoms with Gasteiger partial charge in [-0.25, -0.2) is 29.9 Å². The number of hydrogen-bond acceptors (Lipinski definition) is 23. The molecule has 422 valence electrons. The van der Waals surface area contributed by atoms with E-state index in [1.165, 1.54) is 88.8 Å². The molecule has 0 fully saturated rings. The maximum Gasteiger partial charge on any atom is 0.203 e. The van der Waals surface area contributed by atoms with Gasteiger partial charge in [-0.3, -0.25) is 35.0 Å². The number of pyridine rings is 3. The summed E-state index contributed by atoms with van der Waals surface area (Å²) >= 11 is 4.44. The zero-order chi connectivity index (χ0) is 58.8. The van der Waals surface area contributed by atoms with E-state index in [-0.39, 0.29) is 0 Å². The minimum absolute atomic E-state index is 0.949. The Morgan fingerprint density at radius 2 is 0.941 bits per heavy atom. The molecule has 22 nitrogen and oxygen atoms in total. The van der Waals surface area contributed by atoms with Gasteiger partial charge in [0.1, 0.15) is 48.1 Å². The predicted octanol–water partition coefficient (Wildman–Crippen LogP) is 13.1. The van der Waals surface area contributed by atoms with Gasteiger partial charge >= 0.3 is 0 Å². The molecule has 0 bridgehead atoms. The number of aromatic nitrogens is 20. The van der Waals surface area contributed by atoms with Crippen LogP contribution in [0.4, 0.5) is 0 Å². The topological polar surface area (TPSA) is 290 Å². The first kappa shape index (κ1) is 62.7. The quantitative estimate of drug-likeness (QED) is 0.143. The van der Waals surface area contributed by atoms with Crippen molar-refractivity contribution in [3.05, 3.63) is 304 Å². The van der Waals surface area contributed by atoms with Crippen molar-refractivity contribution >= 4 is 88.7 Å². The first-order valence-electron chi connectivity index (χ1n) is 24.9. The smallest absolute Gasteiger partial charge is 0.203 e. The van der Waals surface area contributed by atoms with E-state index in [1.807, 2.05) is 152 Å². The number of hydrogen-bond donors (Lipinski definition) is 2. The van der Waals surface area contributed by atoms with Crippen LogP contribution in [0.3, 0.4) is 0 Å². The van der Waals surface area contributed by atoms with Crippen LogP contribution in [0.2, 0.25) is 0 Å². The number of rotatable bonds is 0. The minimum atomic E-state index is 0.949. The van der Waals surface area contributed by atoms with Crippen molar-refractivity contribution in [3.8, 4) is 0 Å². The van der Waals surface area contributed by atoms with E-state index in [2.05, 4.69) is 145 Å². The van der Waals surface area contributed by atoms with Gasteiger partial charge in [-0.15, -0.1) is 43.1 Å². The Hall–Kier alpha value is -11.5. The van der Waals surface area contributed by atoms with Crippen LogP contribution in [0.1, 0.15) is 0 Å². The molecule has 0 aliphatic heterocycles. The van der Waals surface area contributed by atoms with Crippen LogP contribution in [0.15, 0.2) is 313 Å². The summed E-state index contributed by atoms with van der Waals surface area (Å²) in [5, 5.41) is 27.4. The number of nitrogens with one attached hydrogen (secondary N) is 2. The van der Waals surface area contributed by atoms with Crippen LogP contribution >= 0.6 is 34.2 Å². The average molecular weight is 1180 g/mol. The largest absolute Gasteiger partial charge is 0.452 e. The molecular weight excluding hydrogens is 1130 g/mol. The fourth-order valence-corrected chi connectivity index (χ4v) is 6.93. The third-order valence-corrected chi connectivity index (χ3v) is 11.0. The van der Waals surface area contributed by atoms with Crippen molar-refractivity contribution in [2.24, 2.45) is 0 Å². The van der Waals surface area contributed by atoms with Crippen LogP contribution in [0, 0.1) is 0 Å². The lowest BCUT2D eigenvalue weighted by atomic mass is 10.2. The molecule has 12 aromatic heterocycles. The second-order valence-corrected chi connectivity index (χ2v) is 17.3. The molecule has 17 aromatic rings. The van der Waals surface area contributed by atoms with E-state index in [0.717, 1.165) is 33.0 Å². The Balaban J connectivity index is 0.000000151. The maximum atomic E-state index is 4.47. The Labute approximate surface area is 498 Å². The van der Waals surface area contributed by atoms with Gasteiger partial charge in [0.05, 0.1) is 45.6 Å². The molecular formula is C60H52N20O2S3. The Kier molecular flexibility index (Phi) is 31.2. The van der Waals surface area contributed by atoms with E-state index >= 15 is 0 Å². The molecule has 0 unspecified atom stereocenters. The van der Waals surface area contributed by atoms with Crippen LogP contribution in [0.25, 0.3) is 54.5 Å². The van der Waals surface area contributed by atoms with Gasteiger partial charge in [0, 0.05) is 83.5 Å². The van der Waals surface area contributed by atoms with Crippen molar-refractivity contribution in [1.82, 2.24) is 99.8 Å². The first-order valence-corrected chi connectivity index (χ1v) is 27.7. The predicted molar refractivity (Wildman–Crippen MR) is 332 cm³/mol. The summed E-state index contributed by atoms with van der Waals surface area (Å²) in [5.74, 6) is 0. The minimum Gasteiger partial charge on any atom is -0.452 e. The Morgan fingerprint density at radius 3 is 1.33 bits per heavy atom. The summed E-state index contributed by atoms with van der Waals surface area (Å²) in [7, 11) is 0. The summed E-state index contributed by atoms with van der Waals surface area (Å²) < 4.78 is 12.5. The van der Waals surface area contributed by atoms with Gasteiger partial charge in [0.15, 0.2) is 6.39 Å². The molecule has 5 aromatic carbocycles. The molecule has 12 heterocycles. The number of para-hydroxylation sites is 5. The molecule has 0 spiro atoms. The van der Waals surface area contributed by atoms with Crippen LogP contribution < -0.4 is 0 Å². The second kappa shape index (κ2) is 42.4. The van der Waals surface area contributed by atoms with Gasteiger partial charge in [0.2, 0.25) is 12.8 Å². The molecule has 17 rings (SSSR count). The Morgan fingerprint density at radius 1 is 0.341 bits per heavy atom. The molecule has 85 heavy (non-hydrogen) atoms. The van der Waals surface area contributed by atoms with Gasteiger partial charge in [0.25, 0.3) is 0 Å². The molecule has 25 heteroatoms. The summed E-state index contributed by atoms with van der Waals surface area (Å²) in [6, 6.07) is 50.1. The highest BCUT2D eigenvalue weighted by Crippen LogP contribution is 2.11. The zero-order valence-electron chi connectivity index (χ0n) is 45.0. The molecule has 2 N–H and O–H groups in total. The third kappa shape index (κ3) is 27.9. The SMILES string of the molecule is c1c[nH]cn1.c1ccc2cnccc2c1.c1ccc2ncccc2c1.c1ccc2ncccc2c1.c1ccc2nccnc2c1.c1ccc2ncncc2c1.c1cocn1.c1cscn1.c1nc[nH]n1.c1ncsn1.c1nnco1.c1nncs1. The van der Waals surface area contributed by atoms with E-state index in [4.69, 9.17) is 0 Å². The lowest BCUT2D eigenvalue weighted by Gasteiger charge is -1.91. The summed E-state index contributed by atoms with van der Waals surface area (Å²) in [6.45, 7) is 0. The van der Waals surface area contributed by atoms with Crippen molar-refractivity contribution in [3.63, 3.8) is 0 Å². The number of nitrogens with zero attached hydrogens (tertiary/aromatic N) is 18. The van der Waals surface area contributed by atoms with E-state index < -0.39 is 0 Å². The average Bonchev–Trinajstić information content (AvgIpc) is 4.49. The lowest BCUT2D eigenvalue weighted by Crippen LogP contribution is -1.78. The van der Waals surface area contributed by atoms with Crippen molar-refractivity contribution in [1.29, 1.82) is 0 Å². The second-order valence-electron chi connectivity index (χ2n) is 15.2. The molecule has 0 aliphatic rings. The normalized spacial score (nSPS) is 9.18. The third-order valence-electron chi connectivity index (χ3n) is 9.64. The highest BCUT2D eigenvalue weighted by Gasteiger charge is 1.91. The molecule has 0 saturated heterocycles. The van der Waals surface area contributed by atoms with Gasteiger partial charge < -0.3 is 13.8 Å². The van der Waals surface area contributed by atoms with Gasteiger partial charge in [-0.05, 0) is 70.8 Å². The van der Waals surface area contributed by atoms with Gasteiger partial charge in [-0.1, -0.05) is 103 Å². The standard InChI is InChI=1S/3C9H7N.2C8H6N2.C3H4N2.C3H3NO.C3H3NS.C2H3N3.C2H2N2O.2C2H2N2S/c2*1-2-6-9-8(4-1)5-3-7-10-9;1-2-4-9-7-10-6-5-8(9)3-1;1-2-4-8-7(3-1)5-9-6-10-8;1-2-4-8-7(3-1)9-5-6-10-8;3*1-2-5-3-4-1;1-3-2-5-4-1;2*1-3-4-2-5-1;1-3-2-5-4-1/h3*1-7H;2*1-6H;1-3H,(H,4,5);2*1-3H;1-2H,(H,3,4,5);3*1-2H.